The van der Waals surface area contributed by atoms with E-state index >= 15 is 0 Å². The van der Waals surface area contributed by atoms with Crippen molar-refractivity contribution in [3.8, 4) is 0 Å². The van der Waals surface area contributed by atoms with Crippen molar-refractivity contribution in [2.45, 2.75) is 32.7 Å². The maximum Gasteiger partial charge on any atom is 0.125 e. The van der Waals surface area contributed by atoms with Crippen LogP contribution >= 0.6 is 11.6 Å². The van der Waals surface area contributed by atoms with Crippen molar-refractivity contribution in [1.29, 1.82) is 0 Å². The summed E-state index contributed by atoms with van der Waals surface area (Å²) in [5.74, 6) is 3.07. The van der Waals surface area contributed by atoms with Gasteiger partial charge in [-0.05, 0) is 32.9 Å². The minimum atomic E-state index is 0.119. The number of hydrogen-bond donors (Lipinski definition) is 0. The first-order valence-corrected chi connectivity index (χ1v) is 7.09. The molecule has 0 amide bonds. The maximum absolute atomic E-state index is 6.05. The van der Waals surface area contributed by atoms with E-state index < -0.39 is 0 Å². The Morgan fingerprint density at radius 2 is 2.20 bits per heavy atom. The highest BCUT2D eigenvalue weighted by Gasteiger charge is 2.20. The number of halogens is 1. The molecule has 1 unspecified atom stereocenters. The Morgan fingerprint density at radius 3 is 2.85 bits per heavy atom. The van der Waals surface area contributed by atoms with Gasteiger partial charge in [-0.3, -0.25) is 4.98 Å². The monoisotopic (exact) mass is 289 g/mol. The Morgan fingerprint density at radius 1 is 1.40 bits per heavy atom. The van der Waals surface area contributed by atoms with Crippen molar-refractivity contribution in [2.24, 2.45) is 0 Å². The first-order valence-electron chi connectivity index (χ1n) is 6.55. The molecule has 0 aromatic carbocycles. The number of furan rings is 1. The summed E-state index contributed by atoms with van der Waals surface area (Å²) in [4.78, 5) is 8.67. The van der Waals surface area contributed by atoms with Crippen molar-refractivity contribution in [3.05, 3.63) is 47.4 Å². The largest absolute Gasteiger partial charge is 0.466 e. The van der Waals surface area contributed by atoms with Gasteiger partial charge < -0.3 is 8.98 Å². The molecule has 3 heterocycles. The molecule has 0 saturated carbocycles. The van der Waals surface area contributed by atoms with Crippen LogP contribution in [0.3, 0.4) is 0 Å². The number of hydrogen-bond acceptors (Lipinski definition) is 3. The molecule has 0 bridgehead atoms. The van der Waals surface area contributed by atoms with Gasteiger partial charge in [0.05, 0.1) is 23.6 Å². The molecule has 1 atom stereocenters. The molecule has 3 rings (SSSR count). The van der Waals surface area contributed by atoms with Gasteiger partial charge in [0.1, 0.15) is 22.9 Å². The van der Waals surface area contributed by atoms with Crippen molar-refractivity contribution in [3.63, 3.8) is 0 Å². The summed E-state index contributed by atoms with van der Waals surface area (Å²) in [5.41, 5.74) is 3.07. The second kappa shape index (κ2) is 4.94. The lowest BCUT2D eigenvalue weighted by Gasteiger charge is -2.16. The lowest BCUT2D eigenvalue weighted by molar-refractivity contribution is 0.494. The van der Waals surface area contributed by atoms with E-state index in [0.717, 1.165) is 33.9 Å². The number of imidazole rings is 1. The predicted octanol–water partition coefficient (Wildman–Crippen LogP) is 3.99. The van der Waals surface area contributed by atoms with Gasteiger partial charge in [0.2, 0.25) is 0 Å². The average molecular weight is 290 g/mol. The molecular weight excluding hydrogens is 274 g/mol. The summed E-state index contributed by atoms with van der Waals surface area (Å²) in [5, 5.41) is 0. The highest BCUT2D eigenvalue weighted by Crippen LogP contribution is 2.29. The number of fused-ring (bicyclic) bond motifs is 1. The molecule has 0 N–H and O–H groups in total. The SMILES string of the molecule is Cc1cc(C(C)n2c(CCl)nc3cnccc32)c(C)o1. The zero-order valence-corrected chi connectivity index (χ0v) is 12.5. The van der Waals surface area contributed by atoms with Crippen LogP contribution in [0.15, 0.2) is 28.9 Å². The molecule has 5 heteroatoms. The fourth-order valence-electron chi connectivity index (χ4n) is 2.73. The molecule has 3 aromatic rings. The number of nitrogens with zero attached hydrogens (tertiary/aromatic N) is 3. The first-order chi connectivity index (χ1) is 9.61. The van der Waals surface area contributed by atoms with E-state index in [-0.39, 0.29) is 6.04 Å². The van der Waals surface area contributed by atoms with Crippen molar-refractivity contribution >= 4 is 22.6 Å². The fraction of sp³-hybridized carbons (Fsp3) is 0.333. The average Bonchev–Trinajstić information content (AvgIpc) is 2.97. The normalized spacial score (nSPS) is 13.0. The van der Waals surface area contributed by atoms with Gasteiger partial charge >= 0.3 is 0 Å². The fourth-order valence-corrected chi connectivity index (χ4v) is 2.92. The standard InChI is InChI=1S/C15H16ClN3O/c1-9-6-12(11(3)20-9)10(2)19-14-4-5-17-8-13(14)18-15(19)7-16/h4-6,8,10H,7H2,1-3H3. The molecule has 3 aromatic heterocycles. The molecule has 0 spiro atoms. The zero-order chi connectivity index (χ0) is 14.3. The van der Waals surface area contributed by atoms with Gasteiger partial charge in [0, 0.05) is 11.8 Å². The Labute approximate surface area is 122 Å². The van der Waals surface area contributed by atoms with Crippen LogP contribution < -0.4 is 0 Å². The summed E-state index contributed by atoms with van der Waals surface area (Å²) in [7, 11) is 0. The van der Waals surface area contributed by atoms with Crippen molar-refractivity contribution < 1.29 is 4.42 Å². The Bertz CT molecular complexity index is 760. The highest BCUT2D eigenvalue weighted by atomic mass is 35.5. The summed E-state index contributed by atoms with van der Waals surface area (Å²) < 4.78 is 7.79. The van der Waals surface area contributed by atoms with Crippen LogP contribution in [-0.4, -0.2) is 14.5 Å². The van der Waals surface area contributed by atoms with Crippen LogP contribution in [0.1, 0.15) is 35.9 Å². The van der Waals surface area contributed by atoms with Gasteiger partial charge in [0.15, 0.2) is 0 Å². The van der Waals surface area contributed by atoms with Crippen LogP contribution in [0, 0.1) is 13.8 Å². The third-order valence-corrected chi connectivity index (χ3v) is 3.84. The second-order valence-corrected chi connectivity index (χ2v) is 5.21. The summed E-state index contributed by atoms with van der Waals surface area (Å²) in [6.07, 6.45) is 3.54. The minimum Gasteiger partial charge on any atom is -0.466 e. The zero-order valence-electron chi connectivity index (χ0n) is 11.7. The number of aromatic nitrogens is 3. The van der Waals surface area contributed by atoms with E-state index in [4.69, 9.17) is 16.0 Å². The molecular formula is C15H16ClN3O. The van der Waals surface area contributed by atoms with Crippen molar-refractivity contribution in [2.75, 3.05) is 0 Å². The number of alkyl halides is 1. The molecule has 0 aliphatic heterocycles. The Hall–Kier alpha value is -1.81. The molecule has 20 heavy (non-hydrogen) atoms. The number of aryl methyl sites for hydroxylation is 2. The molecule has 0 aliphatic carbocycles. The second-order valence-electron chi connectivity index (χ2n) is 4.94. The van der Waals surface area contributed by atoms with Gasteiger partial charge in [-0.1, -0.05) is 0 Å². The van der Waals surface area contributed by atoms with Crippen LogP contribution in [0.25, 0.3) is 11.0 Å². The van der Waals surface area contributed by atoms with E-state index in [1.165, 1.54) is 0 Å². The lowest BCUT2D eigenvalue weighted by Crippen LogP contribution is -2.10. The third kappa shape index (κ3) is 2.00. The third-order valence-electron chi connectivity index (χ3n) is 3.60. The summed E-state index contributed by atoms with van der Waals surface area (Å²) >= 11 is 6.05. The van der Waals surface area contributed by atoms with Crippen molar-refractivity contribution in [1.82, 2.24) is 14.5 Å². The Balaban J connectivity index is 2.20. The van der Waals surface area contributed by atoms with Gasteiger partial charge in [-0.15, -0.1) is 11.6 Å². The van der Waals surface area contributed by atoms with Crippen LogP contribution in [0.4, 0.5) is 0 Å². The van der Waals surface area contributed by atoms with E-state index in [1.807, 2.05) is 19.9 Å². The van der Waals surface area contributed by atoms with Crippen LogP contribution in [0.5, 0.6) is 0 Å². The van der Waals surface area contributed by atoms with E-state index in [0.29, 0.717) is 5.88 Å². The molecule has 104 valence electrons. The first kappa shape index (κ1) is 13.2. The van der Waals surface area contributed by atoms with Gasteiger partial charge in [-0.25, -0.2) is 4.98 Å². The van der Waals surface area contributed by atoms with Gasteiger partial charge in [0.25, 0.3) is 0 Å². The number of pyridine rings is 1. The van der Waals surface area contributed by atoms with E-state index in [9.17, 15) is 0 Å². The molecule has 0 saturated heterocycles. The summed E-state index contributed by atoms with van der Waals surface area (Å²) in [6.45, 7) is 6.08. The van der Waals surface area contributed by atoms with E-state index in [2.05, 4.69) is 27.5 Å². The topological polar surface area (TPSA) is 43.9 Å². The molecule has 0 fully saturated rings. The molecule has 4 nitrogen and oxygen atoms in total. The number of rotatable bonds is 3. The minimum absolute atomic E-state index is 0.119. The molecule has 0 radical (unpaired) electrons. The highest BCUT2D eigenvalue weighted by molar-refractivity contribution is 6.16. The quantitative estimate of drug-likeness (QED) is 0.685. The lowest BCUT2D eigenvalue weighted by atomic mass is 10.1. The molecule has 0 aliphatic rings. The predicted molar refractivity (Wildman–Crippen MR) is 79.1 cm³/mol. The van der Waals surface area contributed by atoms with Crippen LogP contribution in [0.2, 0.25) is 0 Å². The smallest absolute Gasteiger partial charge is 0.125 e. The van der Waals surface area contributed by atoms with Gasteiger partial charge in [-0.2, -0.15) is 0 Å². The maximum atomic E-state index is 6.05. The Kier molecular flexibility index (Phi) is 3.26. The van der Waals surface area contributed by atoms with E-state index in [1.54, 1.807) is 12.4 Å². The summed E-state index contributed by atoms with van der Waals surface area (Å²) in [6, 6.07) is 4.16. The van der Waals surface area contributed by atoms with Crippen LogP contribution in [-0.2, 0) is 5.88 Å².